The van der Waals surface area contributed by atoms with Crippen molar-refractivity contribution >= 4 is 11.0 Å². The molecule has 0 radical (unpaired) electrons. The number of phenols is 4. The topological polar surface area (TPSA) is 260 Å². The lowest BCUT2D eigenvalue weighted by Crippen LogP contribution is -2.57. The number of aromatic hydroxyl groups is 4. The number of aliphatic hydroxyl groups is 6. The summed E-state index contributed by atoms with van der Waals surface area (Å²) < 4.78 is 22.7. The Balaban J connectivity index is 1.68. The molecule has 222 valence electrons. The van der Waals surface area contributed by atoms with Crippen LogP contribution in [0.25, 0.3) is 22.3 Å². The van der Waals surface area contributed by atoms with E-state index in [2.05, 4.69) is 0 Å². The highest BCUT2D eigenvalue weighted by atomic mass is 16.7. The van der Waals surface area contributed by atoms with Gasteiger partial charge in [-0.2, -0.15) is 0 Å². The van der Waals surface area contributed by atoms with E-state index in [0.717, 1.165) is 24.3 Å². The molecule has 41 heavy (non-hydrogen) atoms. The van der Waals surface area contributed by atoms with Crippen molar-refractivity contribution in [3.8, 4) is 34.3 Å². The van der Waals surface area contributed by atoms with E-state index in [4.69, 9.17) is 18.6 Å². The molecule has 2 saturated heterocycles. The quantitative estimate of drug-likeness (QED) is 0.145. The molecule has 9 atom stereocenters. The first kappa shape index (κ1) is 29.0. The van der Waals surface area contributed by atoms with Crippen LogP contribution in [0.1, 0.15) is 11.7 Å². The summed E-state index contributed by atoms with van der Waals surface area (Å²) in [6.07, 6.45) is -14.7. The van der Waals surface area contributed by atoms with Crippen molar-refractivity contribution in [3.63, 3.8) is 0 Å². The third-order valence-corrected chi connectivity index (χ3v) is 7.20. The Labute approximate surface area is 229 Å². The maximum atomic E-state index is 13.1. The van der Waals surface area contributed by atoms with Crippen LogP contribution in [0, 0.1) is 0 Å². The summed E-state index contributed by atoms with van der Waals surface area (Å²) >= 11 is 0. The van der Waals surface area contributed by atoms with Gasteiger partial charge in [-0.05, 0) is 18.2 Å². The molecule has 10 N–H and O–H groups in total. The van der Waals surface area contributed by atoms with Gasteiger partial charge in [0.2, 0.25) is 0 Å². The van der Waals surface area contributed by atoms with Gasteiger partial charge in [-0.25, -0.2) is 0 Å². The van der Waals surface area contributed by atoms with Gasteiger partial charge in [0.15, 0.2) is 28.8 Å². The summed E-state index contributed by atoms with van der Waals surface area (Å²) in [5, 5.41) is 102. The maximum Gasteiger partial charge on any atom is 0.197 e. The van der Waals surface area contributed by atoms with Gasteiger partial charge in [0, 0.05) is 17.7 Å². The zero-order valence-electron chi connectivity index (χ0n) is 21.0. The molecule has 3 heterocycles. The number of fused-ring (bicyclic) bond motifs is 1. The van der Waals surface area contributed by atoms with Crippen LogP contribution in [-0.4, -0.2) is 113 Å². The molecule has 0 aliphatic carbocycles. The number of benzene rings is 2. The maximum absolute atomic E-state index is 13.1. The molecule has 0 spiro atoms. The predicted molar refractivity (Wildman–Crippen MR) is 134 cm³/mol. The molecular formula is C26H28O15. The normalized spacial score (nSPS) is 32.0. The fourth-order valence-corrected chi connectivity index (χ4v) is 5.02. The first-order chi connectivity index (χ1) is 19.5. The fraction of sp³-hybridized carbons (Fsp3) is 0.423. The fourth-order valence-electron chi connectivity index (χ4n) is 5.02. The van der Waals surface area contributed by atoms with Gasteiger partial charge in [-0.15, -0.1) is 0 Å². The van der Waals surface area contributed by atoms with Gasteiger partial charge >= 0.3 is 0 Å². The molecule has 0 bridgehead atoms. The van der Waals surface area contributed by atoms with Crippen molar-refractivity contribution in [2.24, 2.45) is 0 Å². The number of aliphatic hydroxyl groups excluding tert-OH is 6. The standard InChI is InChI=1S/C26H28O15/c27-6-15-19(34)21(36)25(41-26-22(37)20(35)16(7-28)40-26)24(39-15)18-12(32)4-11(31)17-13(33)5-14(38-23(17)18)8-1-2-9(29)10(30)3-8/h1-5,15-16,19-22,24-32,34-37H,6-7H2/t15?,16-,19+,20+,21-,22?,24-,25?,26+/m0/s1. The first-order valence-corrected chi connectivity index (χ1v) is 12.4. The molecule has 3 unspecified atom stereocenters. The zero-order valence-corrected chi connectivity index (χ0v) is 21.0. The van der Waals surface area contributed by atoms with Crippen LogP contribution in [0.2, 0.25) is 0 Å². The van der Waals surface area contributed by atoms with E-state index >= 15 is 0 Å². The minimum atomic E-state index is -1.88. The van der Waals surface area contributed by atoms with Crippen LogP contribution in [0.15, 0.2) is 39.5 Å². The van der Waals surface area contributed by atoms with Crippen LogP contribution in [0.3, 0.4) is 0 Å². The van der Waals surface area contributed by atoms with Crippen molar-refractivity contribution in [2.75, 3.05) is 13.2 Å². The molecule has 0 amide bonds. The molecule has 5 rings (SSSR count). The average Bonchev–Trinajstić information content (AvgIpc) is 3.21. The molecule has 3 aromatic rings. The Morgan fingerprint density at radius 2 is 1.39 bits per heavy atom. The summed E-state index contributed by atoms with van der Waals surface area (Å²) in [4.78, 5) is 13.1. The van der Waals surface area contributed by atoms with Crippen molar-refractivity contribution in [3.05, 3.63) is 46.1 Å². The lowest BCUT2D eigenvalue weighted by Gasteiger charge is -2.43. The van der Waals surface area contributed by atoms with E-state index in [0.29, 0.717) is 0 Å². The van der Waals surface area contributed by atoms with Crippen molar-refractivity contribution in [1.82, 2.24) is 0 Å². The third-order valence-electron chi connectivity index (χ3n) is 7.20. The van der Waals surface area contributed by atoms with Gasteiger partial charge < -0.3 is 69.7 Å². The largest absolute Gasteiger partial charge is 0.507 e. The summed E-state index contributed by atoms with van der Waals surface area (Å²) in [5.74, 6) is -2.57. The Morgan fingerprint density at radius 3 is 2.02 bits per heavy atom. The van der Waals surface area contributed by atoms with Crippen LogP contribution in [0.5, 0.6) is 23.0 Å². The van der Waals surface area contributed by atoms with Crippen LogP contribution >= 0.6 is 0 Å². The number of rotatable bonds is 6. The summed E-state index contributed by atoms with van der Waals surface area (Å²) in [6.45, 7) is -1.50. The smallest absolute Gasteiger partial charge is 0.197 e. The highest BCUT2D eigenvalue weighted by Crippen LogP contribution is 2.45. The van der Waals surface area contributed by atoms with E-state index < -0.39 is 108 Å². The van der Waals surface area contributed by atoms with Gasteiger partial charge in [0.25, 0.3) is 0 Å². The van der Waals surface area contributed by atoms with E-state index in [9.17, 15) is 55.9 Å². The number of phenolic OH excluding ortho intramolecular Hbond substituents is 4. The average molecular weight is 580 g/mol. The van der Waals surface area contributed by atoms with Crippen LogP contribution in [-0.2, 0) is 14.2 Å². The molecule has 2 fully saturated rings. The zero-order chi connectivity index (χ0) is 29.7. The van der Waals surface area contributed by atoms with Crippen molar-refractivity contribution in [2.45, 2.75) is 55.1 Å². The number of hydrogen-bond donors (Lipinski definition) is 10. The molecule has 2 aliphatic rings. The van der Waals surface area contributed by atoms with Gasteiger partial charge in [0.1, 0.15) is 71.5 Å². The lowest BCUT2D eigenvalue weighted by molar-refractivity contribution is -0.289. The Morgan fingerprint density at radius 1 is 0.732 bits per heavy atom. The SMILES string of the molecule is O=c1cc(-c2ccc(O)c(O)c2)oc2c([C@@H]3OC(CO)[C@@H](O)[C@H](O)C3O[C@H]3O[C@@H](CO)[C@@H](O)C3O)c(O)cc(O)c12. The lowest BCUT2D eigenvalue weighted by atomic mass is 9.89. The second-order valence-electron chi connectivity index (χ2n) is 9.78. The van der Waals surface area contributed by atoms with E-state index in [-0.39, 0.29) is 16.9 Å². The van der Waals surface area contributed by atoms with E-state index in [1.807, 2.05) is 0 Å². The molecular weight excluding hydrogens is 552 g/mol. The number of hydrogen-bond acceptors (Lipinski definition) is 15. The van der Waals surface area contributed by atoms with E-state index in [1.54, 1.807) is 0 Å². The molecule has 2 aliphatic heterocycles. The van der Waals surface area contributed by atoms with Crippen molar-refractivity contribution in [1.29, 1.82) is 0 Å². The van der Waals surface area contributed by atoms with Crippen LogP contribution < -0.4 is 5.43 Å². The molecule has 0 saturated carbocycles. The minimum absolute atomic E-state index is 0.112. The monoisotopic (exact) mass is 580 g/mol. The molecule has 15 heteroatoms. The van der Waals surface area contributed by atoms with Gasteiger partial charge in [-0.1, -0.05) is 0 Å². The first-order valence-electron chi connectivity index (χ1n) is 12.4. The Kier molecular flexibility index (Phi) is 7.82. The molecule has 15 nitrogen and oxygen atoms in total. The van der Waals surface area contributed by atoms with Crippen LogP contribution in [0.4, 0.5) is 0 Å². The minimum Gasteiger partial charge on any atom is -0.507 e. The number of ether oxygens (including phenoxy) is 3. The summed E-state index contributed by atoms with van der Waals surface area (Å²) in [5.41, 5.74) is -1.53. The Hall–Kier alpha value is -3.51. The highest BCUT2D eigenvalue weighted by molar-refractivity contribution is 5.89. The molecule has 1 aromatic heterocycles. The molecule has 2 aromatic carbocycles. The Bertz CT molecular complexity index is 1490. The second kappa shape index (κ2) is 11.1. The van der Waals surface area contributed by atoms with Gasteiger partial charge in [0.05, 0.1) is 18.8 Å². The van der Waals surface area contributed by atoms with E-state index in [1.165, 1.54) is 6.07 Å². The summed E-state index contributed by atoms with van der Waals surface area (Å²) in [6, 6.07) is 5.33. The summed E-state index contributed by atoms with van der Waals surface area (Å²) in [7, 11) is 0. The van der Waals surface area contributed by atoms with Gasteiger partial charge in [-0.3, -0.25) is 4.79 Å². The highest BCUT2D eigenvalue weighted by Gasteiger charge is 2.52. The second-order valence-corrected chi connectivity index (χ2v) is 9.78. The predicted octanol–water partition coefficient (Wildman–Crippen LogP) is -1.74. The van der Waals surface area contributed by atoms with Crippen molar-refractivity contribution < 1.29 is 69.7 Å². The third kappa shape index (κ3) is 4.97.